The Labute approximate surface area is 71.3 Å². The molecular weight excluding hydrogens is 156 g/mol. The number of fused-ring (bicyclic) bond motifs is 1. The normalized spacial score (nSPS) is 40.8. The second-order valence-electron chi connectivity index (χ2n) is 3.65. The molecule has 0 aliphatic carbocycles. The molecule has 0 aromatic carbocycles. The molecule has 0 amide bonds. The number of aliphatic carboxylic acids is 1. The Kier molecular flexibility index (Phi) is 2.02. The van der Waals surface area contributed by atoms with Crippen molar-refractivity contribution in [3.05, 3.63) is 0 Å². The van der Waals surface area contributed by atoms with Gasteiger partial charge in [0.15, 0.2) is 0 Å². The van der Waals surface area contributed by atoms with Gasteiger partial charge in [-0.2, -0.15) is 0 Å². The molecule has 0 bridgehead atoms. The maximum absolute atomic E-state index is 10.7. The van der Waals surface area contributed by atoms with Crippen molar-refractivity contribution in [3.8, 4) is 0 Å². The van der Waals surface area contributed by atoms with Gasteiger partial charge in [0.05, 0.1) is 0 Å². The van der Waals surface area contributed by atoms with E-state index < -0.39 is 5.97 Å². The van der Waals surface area contributed by atoms with E-state index in [-0.39, 0.29) is 6.04 Å². The fourth-order valence-corrected chi connectivity index (χ4v) is 2.19. The van der Waals surface area contributed by atoms with Gasteiger partial charge in [0, 0.05) is 12.6 Å². The highest BCUT2D eigenvalue weighted by molar-refractivity contribution is 5.74. The Hall–Kier alpha value is -0.610. The first-order valence-corrected chi connectivity index (χ1v) is 4.47. The van der Waals surface area contributed by atoms with Crippen LogP contribution in [0.1, 0.15) is 12.8 Å². The highest BCUT2D eigenvalue weighted by atomic mass is 16.4. The molecular formula is C8H14N2O2. The molecule has 0 spiro atoms. The van der Waals surface area contributed by atoms with E-state index in [4.69, 9.17) is 5.11 Å². The van der Waals surface area contributed by atoms with Crippen molar-refractivity contribution < 1.29 is 9.90 Å². The van der Waals surface area contributed by atoms with Gasteiger partial charge in [-0.1, -0.05) is 0 Å². The quantitative estimate of drug-likeness (QED) is 0.492. The van der Waals surface area contributed by atoms with E-state index in [9.17, 15) is 4.79 Å². The van der Waals surface area contributed by atoms with Crippen molar-refractivity contribution in [2.24, 2.45) is 5.92 Å². The number of carboxylic acid groups (broad SMARTS) is 1. The molecule has 3 unspecified atom stereocenters. The summed E-state index contributed by atoms with van der Waals surface area (Å²) in [6, 6.07) is 0.0831. The van der Waals surface area contributed by atoms with Gasteiger partial charge in [-0.3, -0.25) is 4.79 Å². The minimum absolute atomic E-state index is 0.306. The van der Waals surface area contributed by atoms with Crippen LogP contribution >= 0.6 is 0 Å². The summed E-state index contributed by atoms with van der Waals surface area (Å²) in [5, 5.41) is 15.2. The predicted molar refractivity (Wildman–Crippen MR) is 43.9 cm³/mol. The van der Waals surface area contributed by atoms with Crippen LogP contribution in [0.2, 0.25) is 0 Å². The third kappa shape index (κ3) is 1.32. The molecule has 3 N–H and O–H groups in total. The molecule has 68 valence electrons. The van der Waals surface area contributed by atoms with Crippen LogP contribution in [0.4, 0.5) is 0 Å². The van der Waals surface area contributed by atoms with Crippen molar-refractivity contribution in [2.75, 3.05) is 13.1 Å². The monoisotopic (exact) mass is 170 g/mol. The smallest absolute Gasteiger partial charge is 0.320 e. The summed E-state index contributed by atoms with van der Waals surface area (Å²) in [6.45, 7) is 1.96. The number of carbonyl (C=O) groups is 1. The highest BCUT2D eigenvalue weighted by Gasteiger charge is 2.37. The summed E-state index contributed by atoms with van der Waals surface area (Å²) in [6.07, 6.45) is 1.92. The van der Waals surface area contributed by atoms with Crippen LogP contribution < -0.4 is 10.6 Å². The molecule has 3 atom stereocenters. The lowest BCUT2D eigenvalue weighted by Crippen LogP contribution is -2.45. The van der Waals surface area contributed by atoms with E-state index in [1.165, 1.54) is 0 Å². The van der Waals surface area contributed by atoms with Crippen molar-refractivity contribution in [2.45, 2.75) is 24.9 Å². The molecule has 2 rings (SSSR count). The molecule has 12 heavy (non-hydrogen) atoms. The first-order chi connectivity index (χ1) is 5.77. The summed E-state index contributed by atoms with van der Waals surface area (Å²) in [5.41, 5.74) is 0. The van der Waals surface area contributed by atoms with Crippen molar-refractivity contribution in [1.29, 1.82) is 0 Å². The molecule has 0 aromatic heterocycles. The molecule has 2 fully saturated rings. The lowest BCUT2D eigenvalue weighted by Gasteiger charge is -2.25. The minimum Gasteiger partial charge on any atom is -0.480 e. The van der Waals surface area contributed by atoms with E-state index >= 15 is 0 Å². The molecule has 0 aromatic rings. The molecule has 4 heteroatoms. The zero-order valence-electron chi connectivity index (χ0n) is 6.92. The third-order valence-electron chi connectivity index (χ3n) is 2.88. The zero-order valence-corrected chi connectivity index (χ0v) is 6.92. The molecule has 2 saturated heterocycles. The summed E-state index contributed by atoms with van der Waals surface area (Å²) in [4.78, 5) is 10.7. The largest absolute Gasteiger partial charge is 0.480 e. The van der Waals surface area contributed by atoms with Gasteiger partial charge in [0.1, 0.15) is 6.04 Å². The Balaban J connectivity index is 1.98. The average molecular weight is 170 g/mol. The van der Waals surface area contributed by atoms with Gasteiger partial charge >= 0.3 is 5.97 Å². The third-order valence-corrected chi connectivity index (χ3v) is 2.88. The lowest BCUT2D eigenvalue weighted by atomic mass is 9.93. The van der Waals surface area contributed by atoms with Crippen molar-refractivity contribution >= 4 is 5.97 Å². The number of hydrogen-bond acceptors (Lipinski definition) is 3. The van der Waals surface area contributed by atoms with Crippen LogP contribution in [-0.2, 0) is 4.79 Å². The van der Waals surface area contributed by atoms with E-state index in [2.05, 4.69) is 10.6 Å². The summed E-state index contributed by atoms with van der Waals surface area (Å²) >= 11 is 0. The molecule has 2 aliphatic heterocycles. The fourth-order valence-electron chi connectivity index (χ4n) is 2.19. The topological polar surface area (TPSA) is 61.4 Å². The first kappa shape index (κ1) is 8.01. The Morgan fingerprint density at radius 2 is 2.33 bits per heavy atom. The number of hydrogen-bond donors (Lipinski definition) is 3. The van der Waals surface area contributed by atoms with Crippen LogP contribution in [0.25, 0.3) is 0 Å². The second kappa shape index (κ2) is 3.03. The molecule has 4 nitrogen and oxygen atoms in total. The van der Waals surface area contributed by atoms with Crippen LogP contribution in [-0.4, -0.2) is 36.2 Å². The summed E-state index contributed by atoms with van der Waals surface area (Å²) < 4.78 is 0. The van der Waals surface area contributed by atoms with E-state index in [0.717, 1.165) is 25.9 Å². The predicted octanol–water partition coefficient (Wildman–Crippen LogP) is -0.589. The van der Waals surface area contributed by atoms with Gasteiger partial charge in [0.25, 0.3) is 0 Å². The standard InChI is InChI=1S/C8H14N2O2/c11-8(12)6-3-5-1-2-9-4-7(5)10-6/h5-7,9-10H,1-4H2,(H,11,12). The maximum Gasteiger partial charge on any atom is 0.320 e. The minimum atomic E-state index is -0.704. The van der Waals surface area contributed by atoms with Gasteiger partial charge < -0.3 is 15.7 Å². The number of piperidine rings is 1. The van der Waals surface area contributed by atoms with Gasteiger partial charge in [-0.25, -0.2) is 0 Å². The van der Waals surface area contributed by atoms with Crippen molar-refractivity contribution in [1.82, 2.24) is 10.6 Å². The van der Waals surface area contributed by atoms with E-state index in [0.29, 0.717) is 12.0 Å². The van der Waals surface area contributed by atoms with E-state index in [1.807, 2.05) is 0 Å². The Bertz CT molecular complexity index is 181. The van der Waals surface area contributed by atoms with Crippen molar-refractivity contribution in [3.63, 3.8) is 0 Å². The maximum atomic E-state index is 10.7. The zero-order chi connectivity index (χ0) is 8.55. The lowest BCUT2D eigenvalue weighted by molar-refractivity contribution is -0.139. The molecule has 2 aliphatic rings. The fraction of sp³-hybridized carbons (Fsp3) is 0.875. The second-order valence-corrected chi connectivity index (χ2v) is 3.65. The van der Waals surface area contributed by atoms with Gasteiger partial charge in [0.2, 0.25) is 0 Å². The molecule has 0 radical (unpaired) electrons. The van der Waals surface area contributed by atoms with Crippen LogP contribution in [0.15, 0.2) is 0 Å². The van der Waals surface area contributed by atoms with Crippen LogP contribution in [0, 0.1) is 5.92 Å². The molecule has 0 saturated carbocycles. The first-order valence-electron chi connectivity index (χ1n) is 4.47. The summed E-state index contributed by atoms with van der Waals surface area (Å²) in [7, 11) is 0. The van der Waals surface area contributed by atoms with Crippen LogP contribution in [0.3, 0.4) is 0 Å². The SMILES string of the molecule is O=C(O)C1CC2CCNCC2N1. The molecule has 2 heterocycles. The number of carboxylic acids is 1. The van der Waals surface area contributed by atoms with Gasteiger partial charge in [-0.05, 0) is 25.3 Å². The summed E-state index contributed by atoms with van der Waals surface area (Å²) in [5.74, 6) is -0.128. The number of nitrogens with one attached hydrogen (secondary N) is 2. The number of rotatable bonds is 1. The average Bonchev–Trinajstić information content (AvgIpc) is 2.46. The van der Waals surface area contributed by atoms with Crippen LogP contribution in [0.5, 0.6) is 0 Å². The van der Waals surface area contributed by atoms with Gasteiger partial charge in [-0.15, -0.1) is 0 Å². The van der Waals surface area contributed by atoms with E-state index in [1.54, 1.807) is 0 Å². The Morgan fingerprint density at radius 1 is 1.50 bits per heavy atom. The highest BCUT2D eigenvalue weighted by Crippen LogP contribution is 2.25. The Morgan fingerprint density at radius 3 is 3.00 bits per heavy atom.